The predicted molar refractivity (Wildman–Crippen MR) is 115 cm³/mol. The Morgan fingerprint density at radius 1 is 1.26 bits per heavy atom. The summed E-state index contributed by atoms with van der Waals surface area (Å²) >= 11 is 1.63. The summed E-state index contributed by atoms with van der Waals surface area (Å²) < 4.78 is 5.25. The van der Waals surface area contributed by atoms with Gasteiger partial charge in [-0.2, -0.15) is 4.98 Å². The number of rotatable bonds is 9. The Bertz CT molecular complexity index is 1090. The Kier molecular flexibility index (Phi) is 6.46. The van der Waals surface area contributed by atoms with Gasteiger partial charge in [0, 0.05) is 41.9 Å². The molecule has 0 fully saturated rings. The number of allylic oxidation sites excluding steroid dienone is 3. The molecule has 0 saturated carbocycles. The SMILES string of the molecule is Cc1sccc1-c1noc(CCC(=O)NCCCNC2=C3C=CC=CC3C(=O)N=N2)n1. The van der Waals surface area contributed by atoms with Gasteiger partial charge in [0.05, 0.1) is 5.92 Å². The van der Waals surface area contributed by atoms with Crippen LogP contribution < -0.4 is 10.6 Å². The van der Waals surface area contributed by atoms with Crippen LogP contribution in [0.3, 0.4) is 0 Å². The van der Waals surface area contributed by atoms with Gasteiger partial charge in [-0.3, -0.25) is 9.59 Å². The fourth-order valence-electron chi connectivity index (χ4n) is 3.25. The fraction of sp³-hybridized carbons (Fsp3) is 0.333. The summed E-state index contributed by atoms with van der Waals surface area (Å²) in [5, 5.41) is 19.7. The fourth-order valence-corrected chi connectivity index (χ4v) is 3.95. The Hall–Kier alpha value is -3.40. The van der Waals surface area contributed by atoms with Crippen molar-refractivity contribution in [3.63, 3.8) is 0 Å². The van der Waals surface area contributed by atoms with E-state index in [9.17, 15) is 9.59 Å². The van der Waals surface area contributed by atoms with Gasteiger partial charge in [0.15, 0.2) is 5.82 Å². The van der Waals surface area contributed by atoms with E-state index in [0.717, 1.165) is 16.0 Å². The second-order valence-corrected chi connectivity index (χ2v) is 8.22. The Labute approximate surface area is 183 Å². The average molecular weight is 439 g/mol. The maximum atomic E-state index is 12.1. The van der Waals surface area contributed by atoms with E-state index >= 15 is 0 Å². The molecule has 9 nitrogen and oxygen atoms in total. The highest BCUT2D eigenvalue weighted by Crippen LogP contribution is 2.27. The normalized spacial score (nSPS) is 17.2. The maximum absolute atomic E-state index is 12.1. The first kappa shape index (κ1) is 20.9. The highest BCUT2D eigenvalue weighted by atomic mass is 32.1. The average Bonchev–Trinajstić information content (AvgIpc) is 3.42. The third kappa shape index (κ3) is 5.02. The number of aryl methyl sites for hydroxylation is 2. The zero-order valence-corrected chi connectivity index (χ0v) is 17.8. The Morgan fingerprint density at radius 2 is 2.16 bits per heavy atom. The smallest absolute Gasteiger partial charge is 0.276 e. The van der Waals surface area contributed by atoms with E-state index < -0.39 is 0 Å². The molecule has 1 aliphatic carbocycles. The van der Waals surface area contributed by atoms with E-state index in [1.165, 1.54) is 0 Å². The number of azo groups is 1. The van der Waals surface area contributed by atoms with Crippen LogP contribution in [0.1, 0.15) is 23.6 Å². The van der Waals surface area contributed by atoms with Crippen molar-refractivity contribution in [3.8, 4) is 11.4 Å². The molecule has 0 aromatic carbocycles. The predicted octanol–water partition coefficient (Wildman–Crippen LogP) is 3.08. The molecule has 10 heteroatoms. The van der Waals surface area contributed by atoms with Crippen molar-refractivity contribution in [1.82, 2.24) is 20.8 Å². The standard InChI is InChI=1S/C21H22N6O3S/c1-13-14(9-12-31-13)20-24-18(30-27-20)8-7-17(28)22-10-4-11-23-19-15-5-2-3-6-16(15)21(29)26-25-19/h2-3,5-6,9,12,16,23H,4,7-8,10-11H2,1H3,(H,22,28). The second kappa shape index (κ2) is 9.61. The van der Waals surface area contributed by atoms with Gasteiger partial charge in [0.1, 0.15) is 0 Å². The van der Waals surface area contributed by atoms with Gasteiger partial charge in [-0.1, -0.05) is 29.5 Å². The van der Waals surface area contributed by atoms with E-state index in [0.29, 0.717) is 43.5 Å². The zero-order chi connectivity index (χ0) is 21.6. The lowest BCUT2D eigenvalue weighted by molar-refractivity contribution is -0.121. The minimum Gasteiger partial charge on any atom is -0.368 e. The van der Waals surface area contributed by atoms with Crippen molar-refractivity contribution in [2.45, 2.75) is 26.2 Å². The number of hydrogen-bond acceptors (Lipinski definition) is 8. The first-order valence-electron chi connectivity index (χ1n) is 10.0. The van der Waals surface area contributed by atoms with Gasteiger partial charge in [-0.05, 0) is 24.8 Å². The third-order valence-corrected chi connectivity index (χ3v) is 5.76. The van der Waals surface area contributed by atoms with Crippen molar-refractivity contribution in [1.29, 1.82) is 0 Å². The molecule has 1 aliphatic heterocycles. The molecule has 2 aliphatic rings. The summed E-state index contributed by atoms with van der Waals surface area (Å²) in [5.41, 5.74) is 1.78. The van der Waals surface area contributed by atoms with Gasteiger partial charge in [-0.25, -0.2) is 0 Å². The van der Waals surface area contributed by atoms with Gasteiger partial charge in [0.2, 0.25) is 17.6 Å². The summed E-state index contributed by atoms with van der Waals surface area (Å²) in [5.74, 6) is 0.919. The summed E-state index contributed by atoms with van der Waals surface area (Å²) in [6, 6.07) is 1.96. The number of nitrogens with one attached hydrogen (secondary N) is 2. The number of thiophene rings is 1. The Balaban J connectivity index is 1.16. The molecule has 1 unspecified atom stereocenters. The summed E-state index contributed by atoms with van der Waals surface area (Å²) in [6.45, 7) is 3.13. The minimum atomic E-state index is -0.362. The molecule has 160 valence electrons. The lowest BCUT2D eigenvalue weighted by Gasteiger charge is -2.20. The number of hydrogen-bond donors (Lipinski definition) is 2. The third-order valence-electron chi connectivity index (χ3n) is 4.92. The summed E-state index contributed by atoms with van der Waals surface area (Å²) in [4.78, 5) is 29.4. The first-order chi connectivity index (χ1) is 15.1. The van der Waals surface area contributed by atoms with Crippen molar-refractivity contribution in [2.75, 3.05) is 13.1 Å². The van der Waals surface area contributed by atoms with Crippen LogP contribution in [0.15, 0.2) is 61.9 Å². The quantitative estimate of drug-likeness (QED) is 0.580. The van der Waals surface area contributed by atoms with Crippen molar-refractivity contribution in [3.05, 3.63) is 57.9 Å². The molecule has 2 aromatic heterocycles. The zero-order valence-electron chi connectivity index (χ0n) is 17.0. The van der Waals surface area contributed by atoms with E-state index in [1.807, 2.05) is 42.7 Å². The minimum absolute atomic E-state index is 0.0724. The molecule has 0 radical (unpaired) electrons. The lowest BCUT2D eigenvalue weighted by atomic mass is 9.93. The van der Waals surface area contributed by atoms with Crippen LogP contribution >= 0.6 is 11.3 Å². The molecule has 1 atom stereocenters. The Morgan fingerprint density at radius 3 is 3.00 bits per heavy atom. The molecular weight excluding hydrogens is 416 g/mol. The molecule has 4 rings (SSSR count). The summed E-state index contributed by atoms with van der Waals surface area (Å²) in [6.07, 6.45) is 8.76. The van der Waals surface area contributed by atoms with Gasteiger partial charge < -0.3 is 15.2 Å². The van der Waals surface area contributed by atoms with Crippen molar-refractivity contribution in [2.24, 2.45) is 16.1 Å². The number of aromatic nitrogens is 2. The van der Waals surface area contributed by atoms with E-state index in [2.05, 4.69) is 31.0 Å². The molecule has 0 bridgehead atoms. The molecule has 2 N–H and O–H groups in total. The van der Waals surface area contributed by atoms with Crippen LogP contribution in [0, 0.1) is 12.8 Å². The van der Waals surface area contributed by atoms with E-state index in [1.54, 1.807) is 11.3 Å². The molecule has 31 heavy (non-hydrogen) atoms. The van der Waals surface area contributed by atoms with Crippen molar-refractivity contribution >= 4 is 23.2 Å². The number of nitrogens with zero attached hydrogens (tertiary/aromatic N) is 4. The molecule has 3 heterocycles. The summed E-state index contributed by atoms with van der Waals surface area (Å²) in [7, 11) is 0. The topological polar surface area (TPSA) is 122 Å². The lowest BCUT2D eigenvalue weighted by Crippen LogP contribution is -2.28. The van der Waals surface area contributed by atoms with Crippen LogP contribution in [0.2, 0.25) is 0 Å². The van der Waals surface area contributed by atoms with Crippen LogP contribution in [0.5, 0.6) is 0 Å². The number of amides is 2. The van der Waals surface area contributed by atoms with E-state index in [-0.39, 0.29) is 24.2 Å². The molecule has 2 amide bonds. The van der Waals surface area contributed by atoms with Crippen LogP contribution in [-0.4, -0.2) is 35.0 Å². The molecular formula is C21H22N6O3S. The number of fused-ring (bicyclic) bond motifs is 1. The molecule has 0 spiro atoms. The number of carbonyl (C=O) groups excluding carboxylic acids is 2. The molecule has 0 saturated heterocycles. The van der Waals surface area contributed by atoms with Gasteiger partial charge >= 0.3 is 0 Å². The first-order valence-corrected chi connectivity index (χ1v) is 10.9. The number of carbonyl (C=O) groups is 2. The van der Waals surface area contributed by atoms with Crippen LogP contribution in [0.4, 0.5) is 0 Å². The van der Waals surface area contributed by atoms with E-state index in [4.69, 9.17) is 4.52 Å². The maximum Gasteiger partial charge on any atom is 0.276 e. The molecule has 2 aromatic rings. The highest BCUT2D eigenvalue weighted by molar-refractivity contribution is 7.10. The van der Waals surface area contributed by atoms with Crippen LogP contribution in [0.25, 0.3) is 11.4 Å². The van der Waals surface area contributed by atoms with Gasteiger partial charge in [0.25, 0.3) is 5.91 Å². The van der Waals surface area contributed by atoms with Crippen LogP contribution in [-0.2, 0) is 16.0 Å². The monoisotopic (exact) mass is 438 g/mol. The highest BCUT2D eigenvalue weighted by Gasteiger charge is 2.26. The van der Waals surface area contributed by atoms with Crippen molar-refractivity contribution < 1.29 is 14.1 Å². The second-order valence-electron chi connectivity index (χ2n) is 7.10. The largest absolute Gasteiger partial charge is 0.368 e. The van der Waals surface area contributed by atoms with Gasteiger partial charge in [-0.15, -0.1) is 21.6 Å².